The number of rotatable bonds is 6. The van der Waals surface area contributed by atoms with E-state index in [9.17, 15) is 22.4 Å². The third kappa shape index (κ3) is 5.07. The molecule has 0 spiro atoms. The zero-order chi connectivity index (χ0) is 31.2. The number of allylic oxidation sites excluding steroid dienone is 1. The predicted octanol–water partition coefficient (Wildman–Crippen LogP) is 7.70. The molecular formula is C36H28FNO5S. The molecule has 1 heterocycles. The fourth-order valence-electron chi connectivity index (χ4n) is 5.46. The molecule has 0 aromatic heterocycles. The monoisotopic (exact) mass is 605 g/mol. The fourth-order valence-corrected chi connectivity index (χ4v) is 7.11. The molecule has 0 aliphatic carbocycles. The average molecular weight is 606 g/mol. The van der Waals surface area contributed by atoms with Gasteiger partial charge in [0.05, 0.1) is 10.5 Å². The summed E-state index contributed by atoms with van der Waals surface area (Å²) in [5, 5.41) is 1.66. The number of carbonyl (C=O) groups is 2. The minimum Gasteiger partial charge on any atom is -0.420 e. The molecule has 6 nitrogen and oxygen atoms in total. The van der Waals surface area contributed by atoms with Gasteiger partial charge >= 0.3 is 5.97 Å². The first-order valence-corrected chi connectivity index (χ1v) is 15.5. The van der Waals surface area contributed by atoms with E-state index in [0.717, 1.165) is 50.0 Å². The maximum Gasteiger partial charge on any atom is 0.344 e. The highest BCUT2D eigenvalue weighted by Crippen LogP contribution is 2.40. The van der Waals surface area contributed by atoms with Crippen molar-refractivity contribution in [3.05, 3.63) is 142 Å². The Morgan fingerprint density at radius 2 is 1.48 bits per heavy atom. The van der Waals surface area contributed by atoms with Crippen molar-refractivity contribution in [2.24, 2.45) is 0 Å². The van der Waals surface area contributed by atoms with E-state index in [1.165, 1.54) is 0 Å². The lowest BCUT2D eigenvalue weighted by molar-refractivity contribution is 0.0686. The summed E-state index contributed by atoms with van der Waals surface area (Å²) in [6, 6.07) is 28.5. The molecule has 0 radical (unpaired) electrons. The summed E-state index contributed by atoms with van der Waals surface area (Å²) in [5.41, 5.74) is 3.18. The first-order valence-electron chi connectivity index (χ1n) is 14.1. The van der Waals surface area contributed by atoms with Crippen LogP contribution in [0.4, 0.5) is 4.39 Å². The molecule has 44 heavy (non-hydrogen) atoms. The number of hydrogen-bond acceptors (Lipinski definition) is 5. The van der Waals surface area contributed by atoms with E-state index >= 15 is 0 Å². The second kappa shape index (κ2) is 11.2. The van der Waals surface area contributed by atoms with Gasteiger partial charge in [0.15, 0.2) is 5.76 Å². The second-order valence-corrected chi connectivity index (χ2v) is 12.5. The maximum absolute atomic E-state index is 14.7. The topological polar surface area (TPSA) is 80.8 Å². The van der Waals surface area contributed by atoms with E-state index in [0.29, 0.717) is 5.56 Å². The number of Topliss-reactive ketones (excluding diaryl/α,β-unsaturated/α-hetero) is 1. The molecule has 0 fully saturated rings. The number of fused-ring (bicyclic) bond motifs is 2. The number of ketones is 1. The molecule has 6 rings (SSSR count). The summed E-state index contributed by atoms with van der Waals surface area (Å²) in [6.07, 6.45) is 0. The van der Waals surface area contributed by atoms with E-state index in [2.05, 4.69) is 0 Å². The number of sulfonamides is 1. The van der Waals surface area contributed by atoms with Crippen LogP contribution in [0.5, 0.6) is 0 Å². The van der Waals surface area contributed by atoms with Crippen molar-refractivity contribution >= 4 is 38.3 Å². The van der Waals surface area contributed by atoms with Crippen LogP contribution in [0.25, 0.3) is 27.7 Å². The molecule has 5 aromatic rings. The molecule has 220 valence electrons. The molecule has 5 aromatic carbocycles. The summed E-state index contributed by atoms with van der Waals surface area (Å²) in [6.45, 7) is 5.31. The van der Waals surface area contributed by atoms with Gasteiger partial charge in [-0.2, -0.15) is 0 Å². The van der Waals surface area contributed by atoms with Crippen LogP contribution < -0.4 is 0 Å². The van der Waals surface area contributed by atoms with Crippen LogP contribution in [0.1, 0.15) is 44.3 Å². The molecule has 8 heteroatoms. The number of hydrogen-bond donors (Lipinski definition) is 0. The summed E-state index contributed by atoms with van der Waals surface area (Å²) in [7, 11) is -4.29. The SMILES string of the molecule is CCN1C(C(=O)c2ccc3ccccc3c2)=C(OC(=O)c2ccc(C)cc2-c2ccc(C)cc2)c2cc(F)ccc2S1(=O)=O. The van der Waals surface area contributed by atoms with Gasteiger partial charge in [-0.3, -0.25) is 9.10 Å². The van der Waals surface area contributed by atoms with Gasteiger partial charge in [0.1, 0.15) is 11.5 Å². The highest BCUT2D eigenvalue weighted by molar-refractivity contribution is 7.89. The smallest absolute Gasteiger partial charge is 0.344 e. The molecule has 0 saturated carbocycles. The second-order valence-electron chi connectivity index (χ2n) is 10.7. The first-order chi connectivity index (χ1) is 21.1. The molecule has 0 atom stereocenters. The number of esters is 1. The van der Waals surface area contributed by atoms with Crippen LogP contribution in [0.2, 0.25) is 0 Å². The van der Waals surface area contributed by atoms with Gasteiger partial charge in [0, 0.05) is 17.7 Å². The van der Waals surface area contributed by atoms with Crippen molar-refractivity contribution in [2.75, 3.05) is 6.54 Å². The van der Waals surface area contributed by atoms with Crippen molar-refractivity contribution in [1.29, 1.82) is 0 Å². The Labute approximate surface area is 255 Å². The number of aryl methyl sites for hydroxylation is 2. The summed E-state index contributed by atoms with van der Waals surface area (Å²) in [4.78, 5) is 28.0. The van der Waals surface area contributed by atoms with Crippen molar-refractivity contribution in [3.8, 4) is 11.1 Å². The van der Waals surface area contributed by atoms with Gasteiger partial charge in [-0.25, -0.2) is 17.6 Å². The van der Waals surface area contributed by atoms with Crippen LogP contribution in [0, 0.1) is 19.7 Å². The van der Waals surface area contributed by atoms with Gasteiger partial charge in [-0.15, -0.1) is 0 Å². The number of likely N-dealkylation sites (N-methyl/N-ethyl adjacent to an activating group) is 1. The molecular weight excluding hydrogens is 577 g/mol. The van der Waals surface area contributed by atoms with E-state index in [1.807, 2.05) is 68.4 Å². The van der Waals surface area contributed by atoms with Gasteiger partial charge in [-0.1, -0.05) is 83.9 Å². The number of carbonyl (C=O) groups excluding carboxylic acids is 2. The van der Waals surface area contributed by atoms with Gasteiger partial charge in [0.2, 0.25) is 5.78 Å². The quantitative estimate of drug-likeness (QED) is 0.146. The lowest BCUT2D eigenvalue weighted by Crippen LogP contribution is -2.38. The summed E-state index contributed by atoms with van der Waals surface area (Å²) < 4.78 is 49.2. The van der Waals surface area contributed by atoms with E-state index in [-0.39, 0.29) is 39.6 Å². The van der Waals surface area contributed by atoms with Crippen LogP contribution in [0.3, 0.4) is 0 Å². The number of benzene rings is 5. The zero-order valence-electron chi connectivity index (χ0n) is 24.3. The predicted molar refractivity (Wildman–Crippen MR) is 168 cm³/mol. The fraction of sp³-hybridized carbons (Fsp3) is 0.111. The molecule has 0 N–H and O–H groups in total. The van der Waals surface area contributed by atoms with Gasteiger partial charge in [0.25, 0.3) is 10.0 Å². The highest BCUT2D eigenvalue weighted by Gasteiger charge is 2.41. The van der Waals surface area contributed by atoms with E-state index in [1.54, 1.807) is 37.3 Å². The largest absolute Gasteiger partial charge is 0.420 e. The third-order valence-corrected chi connectivity index (χ3v) is 9.62. The standard InChI is InChI=1S/C36H28FNO5S/c1-4-38-33(34(39)27-15-14-24-7-5-6-8-26(24)20-27)35(31-21-28(37)16-18-32(31)44(38,41)42)43-36(40)29-17-11-23(3)19-30(29)25-12-9-22(2)10-13-25/h5-21H,4H2,1-3H3. The molecule has 0 amide bonds. The Kier molecular flexibility index (Phi) is 7.39. The van der Waals surface area contributed by atoms with Crippen molar-refractivity contribution in [3.63, 3.8) is 0 Å². The van der Waals surface area contributed by atoms with Crippen molar-refractivity contribution in [2.45, 2.75) is 25.7 Å². The van der Waals surface area contributed by atoms with E-state index < -0.39 is 27.6 Å². The number of ether oxygens (including phenoxy) is 1. The lowest BCUT2D eigenvalue weighted by atomic mass is 9.96. The Morgan fingerprint density at radius 1 is 0.773 bits per heavy atom. The molecule has 1 aliphatic heterocycles. The molecule has 0 bridgehead atoms. The Hall–Kier alpha value is -5.08. The summed E-state index contributed by atoms with van der Waals surface area (Å²) >= 11 is 0. The minimum absolute atomic E-state index is 0.131. The summed E-state index contributed by atoms with van der Waals surface area (Å²) in [5.74, 6) is -2.56. The minimum atomic E-state index is -4.29. The van der Waals surface area contributed by atoms with Gasteiger partial charge in [-0.05, 0) is 73.0 Å². The van der Waals surface area contributed by atoms with Crippen LogP contribution in [0.15, 0.2) is 114 Å². The Morgan fingerprint density at radius 3 is 2.20 bits per heavy atom. The van der Waals surface area contributed by atoms with E-state index in [4.69, 9.17) is 4.74 Å². The Bertz CT molecular complexity index is 2120. The Balaban J connectivity index is 1.56. The van der Waals surface area contributed by atoms with Crippen molar-refractivity contribution < 1.29 is 27.1 Å². The highest BCUT2D eigenvalue weighted by atomic mass is 32.2. The normalized spacial score (nSPS) is 14.0. The maximum atomic E-state index is 14.7. The van der Waals surface area contributed by atoms with Crippen LogP contribution in [-0.4, -0.2) is 31.0 Å². The van der Waals surface area contributed by atoms with Gasteiger partial charge < -0.3 is 4.74 Å². The van der Waals surface area contributed by atoms with Crippen LogP contribution in [-0.2, 0) is 14.8 Å². The lowest BCUT2D eigenvalue weighted by Gasteiger charge is -2.32. The van der Waals surface area contributed by atoms with Crippen LogP contribution >= 0.6 is 0 Å². The van der Waals surface area contributed by atoms with Crippen molar-refractivity contribution in [1.82, 2.24) is 4.31 Å². The first kappa shape index (κ1) is 29.0. The number of halogens is 1. The number of nitrogens with zero attached hydrogens (tertiary/aromatic N) is 1. The molecule has 0 saturated heterocycles. The zero-order valence-corrected chi connectivity index (χ0v) is 25.1. The molecule has 0 unspecified atom stereocenters. The third-order valence-electron chi connectivity index (χ3n) is 7.69. The molecule has 1 aliphatic rings. The average Bonchev–Trinajstić information content (AvgIpc) is 3.01.